The summed E-state index contributed by atoms with van der Waals surface area (Å²) in [6.07, 6.45) is 2.00. The van der Waals surface area contributed by atoms with Gasteiger partial charge in [0.05, 0.1) is 6.10 Å². The van der Waals surface area contributed by atoms with E-state index in [1.807, 2.05) is 25.1 Å². The molecule has 1 heterocycles. The highest BCUT2D eigenvalue weighted by molar-refractivity contribution is 6.39. The van der Waals surface area contributed by atoms with Gasteiger partial charge in [0, 0.05) is 18.8 Å². The van der Waals surface area contributed by atoms with E-state index in [1.165, 1.54) is 0 Å². The number of nitrogens with one attached hydrogen (secondary N) is 1. The van der Waals surface area contributed by atoms with E-state index in [4.69, 9.17) is 0 Å². The van der Waals surface area contributed by atoms with Crippen LogP contribution in [0.5, 0.6) is 0 Å². The predicted octanol–water partition coefficient (Wildman–Crippen LogP) is 1.81. The van der Waals surface area contributed by atoms with E-state index in [9.17, 15) is 14.7 Å². The Labute approximate surface area is 131 Å². The van der Waals surface area contributed by atoms with Gasteiger partial charge in [0.25, 0.3) is 0 Å². The van der Waals surface area contributed by atoms with Crippen LogP contribution >= 0.6 is 0 Å². The first-order valence-corrected chi connectivity index (χ1v) is 7.88. The molecule has 1 aromatic carbocycles. The summed E-state index contributed by atoms with van der Waals surface area (Å²) in [7, 11) is 0. The summed E-state index contributed by atoms with van der Waals surface area (Å²) in [5, 5.41) is 12.2. The van der Waals surface area contributed by atoms with E-state index in [-0.39, 0.29) is 12.0 Å². The minimum atomic E-state index is -0.594. The summed E-state index contributed by atoms with van der Waals surface area (Å²) in [6, 6.07) is 7.51. The number of carbonyl (C=O) groups is 2. The third-order valence-corrected chi connectivity index (χ3v) is 4.30. The fraction of sp³-hybridized carbons (Fsp3) is 0.529. The third-order valence-electron chi connectivity index (χ3n) is 4.30. The Bertz CT molecular complexity index is 534. The number of aryl methyl sites for hydroxylation is 1. The predicted molar refractivity (Wildman–Crippen MR) is 85.4 cm³/mol. The van der Waals surface area contributed by atoms with Crippen LogP contribution in [0.1, 0.15) is 32.3 Å². The summed E-state index contributed by atoms with van der Waals surface area (Å²) in [6.45, 7) is 4.86. The quantitative estimate of drug-likeness (QED) is 0.837. The number of amides is 2. The molecule has 1 fully saturated rings. The molecule has 0 aromatic heterocycles. The number of carbonyl (C=O) groups excluding carboxylic acids is 2. The van der Waals surface area contributed by atoms with Crippen LogP contribution in [0.2, 0.25) is 0 Å². The van der Waals surface area contributed by atoms with Crippen molar-refractivity contribution in [2.24, 2.45) is 5.92 Å². The van der Waals surface area contributed by atoms with E-state index in [0.29, 0.717) is 18.8 Å². The number of hydrogen-bond donors (Lipinski definition) is 2. The monoisotopic (exact) mass is 304 g/mol. The Morgan fingerprint density at radius 3 is 2.64 bits per heavy atom. The SMILES string of the molecule is CCc1cccc(NC(=O)C(=O)N2CCC(C(C)O)CC2)c1. The van der Waals surface area contributed by atoms with Gasteiger partial charge in [0.15, 0.2) is 0 Å². The van der Waals surface area contributed by atoms with Crippen LogP contribution < -0.4 is 5.32 Å². The van der Waals surface area contributed by atoms with Crippen LogP contribution in [-0.2, 0) is 16.0 Å². The molecule has 1 saturated heterocycles. The molecule has 0 aliphatic carbocycles. The molecule has 2 amide bonds. The number of rotatable bonds is 3. The number of likely N-dealkylation sites (tertiary alicyclic amines) is 1. The van der Waals surface area contributed by atoms with Crippen molar-refractivity contribution in [1.82, 2.24) is 4.90 Å². The molecule has 5 nitrogen and oxygen atoms in total. The summed E-state index contributed by atoms with van der Waals surface area (Å²) in [5.41, 5.74) is 1.76. The van der Waals surface area contributed by atoms with Crippen LogP contribution in [0.15, 0.2) is 24.3 Å². The Hall–Kier alpha value is -1.88. The summed E-state index contributed by atoms with van der Waals surface area (Å²) < 4.78 is 0. The normalized spacial score (nSPS) is 17.1. The standard InChI is InChI=1S/C17H24N2O3/c1-3-13-5-4-6-15(11-13)18-16(21)17(22)19-9-7-14(8-10-19)12(2)20/h4-6,11-12,14,20H,3,7-10H2,1-2H3,(H,18,21). The Morgan fingerprint density at radius 1 is 1.36 bits per heavy atom. The molecule has 0 spiro atoms. The van der Waals surface area contributed by atoms with E-state index < -0.39 is 11.8 Å². The van der Waals surface area contributed by atoms with Gasteiger partial charge in [-0.1, -0.05) is 19.1 Å². The second-order valence-corrected chi connectivity index (χ2v) is 5.88. The lowest BCUT2D eigenvalue weighted by Gasteiger charge is -2.32. The molecular weight excluding hydrogens is 280 g/mol. The maximum absolute atomic E-state index is 12.2. The van der Waals surface area contributed by atoms with Crippen molar-refractivity contribution in [2.75, 3.05) is 18.4 Å². The van der Waals surface area contributed by atoms with Gasteiger partial charge in [0.2, 0.25) is 0 Å². The third kappa shape index (κ3) is 4.07. The highest BCUT2D eigenvalue weighted by Crippen LogP contribution is 2.20. The molecule has 1 aliphatic heterocycles. The Kier molecular flexibility index (Phi) is 5.55. The van der Waals surface area contributed by atoms with Crippen molar-refractivity contribution in [3.8, 4) is 0 Å². The molecule has 1 aromatic rings. The highest BCUT2D eigenvalue weighted by Gasteiger charge is 2.28. The number of benzene rings is 1. The van der Waals surface area contributed by atoms with Gasteiger partial charge in [-0.05, 0) is 49.8 Å². The average Bonchev–Trinajstić information content (AvgIpc) is 2.54. The maximum atomic E-state index is 12.2. The lowest BCUT2D eigenvalue weighted by molar-refractivity contribution is -0.144. The van der Waals surface area contributed by atoms with Crippen molar-refractivity contribution >= 4 is 17.5 Å². The topological polar surface area (TPSA) is 69.6 Å². The van der Waals surface area contributed by atoms with Crippen molar-refractivity contribution in [1.29, 1.82) is 0 Å². The zero-order valence-electron chi connectivity index (χ0n) is 13.2. The molecule has 1 aliphatic rings. The van der Waals surface area contributed by atoms with Gasteiger partial charge < -0.3 is 15.3 Å². The van der Waals surface area contributed by atoms with Gasteiger partial charge in [-0.3, -0.25) is 9.59 Å². The molecule has 0 saturated carbocycles. The first-order valence-electron chi connectivity index (χ1n) is 7.88. The zero-order chi connectivity index (χ0) is 16.1. The molecule has 1 atom stereocenters. The number of hydrogen-bond acceptors (Lipinski definition) is 3. The van der Waals surface area contributed by atoms with Crippen molar-refractivity contribution in [2.45, 2.75) is 39.2 Å². The zero-order valence-corrected chi connectivity index (χ0v) is 13.2. The second-order valence-electron chi connectivity index (χ2n) is 5.88. The smallest absolute Gasteiger partial charge is 0.313 e. The molecule has 22 heavy (non-hydrogen) atoms. The minimum Gasteiger partial charge on any atom is -0.393 e. The first kappa shape index (κ1) is 16.5. The number of anilines is 1. The molecule has 2 N–H and O–H groups in total. The summed E-state index contributed by atoms with van der Waals surface area (Å²) in [5.74, 6) is -0.872. The summed E-state index contributed by atoms with van der Waals surface area (Å²) in [4.78, 5) is 25.8. The number of aliphatic hydroxyl groups excluding tert-OH is 1. The molecule has 2 rings (SSSR count). The van der Waals surface area contributed by atoms with E-state index >= 15 is 0 Å². The van der Waals surface area contributed by atoms with Crippen molar-refractivity contribution in [3.63, 3.8) is 0 Å². The Balaban J connectivity index is 1.91. The minimum absolute atomic E-state index is 0.216. The second kappa shape index (κ2) is 7.40. The van der Waals surface area contributed by atoms with Crippen LogP contribution in [-0.4, -0.2) is 41.0 Å². The van der Waals surface area contributed by atoms with Gasteiger partial charge in [-0.15, -0.1) is 0 Å². The van der Waals surface area contributed by atoms with Gasteiger partial charge in [0.1, 0.15) is 0 Å². The van der Waals surface area contributed by atoms with Crippen LogP contribution in [0.25, 0.3) is 0 Å². The fourth-order valence-corrected chi connectivity index (χ4v) is 2.78. The fourth-order valence-electron chi connectivity index (χ4n) is 2.78. The molecule has 0 bridgehead atoms. The number of piperidine rings is 1. The Morgan fingerprint density at radius 2 is 2.05 bits per heavy atom. The van der Waals surface area contributed by atoms with E-state index in [1.54, 1.807) is 17.9 Å². The molecule has 5 heteroatoms. The lowest BCUT2D eigenvalue weighted by atomic mass is 9.92. The molecule has 1 unspecified atom stereocenters. The lowest BCUT2D eigenvalue weighted by Crippen LogP contribution is -2.45. The first-order chi connectivity index (χ1) is 10.5. The molecular formula is C17H24N2O3. The number of nitrogens with zero attached hydrogens (tertiary/aromatic N) is 1. The largest absolute Gasteiger partial charge is 0.393 e. The van der Waals surface area contributed by atoms with E-state index in [2.05, 4.69) is 5.32 Å². The van der Waals surface area contributed by atoms with Crippen molar-refractivity contribution < 1.29 is 14.7 Å². The maximum Gasteiger partial charge on any atom is 0.313 e. The van der Waals surface area contributed by atoms with Gasteiger partial charge >= 0.3 is 11.8 Å². The number of aliphatic hydroxyl groups is 1. The van der Waals surface area contributed by atoms with Gasteiger partial charge in [-0.2, -0.15) is 0 Å². The van der Waals surface area contributed by atoms with Crippen LogP contribution in [0.4, 0.5) is 5.69 Å². The van der Waals surface area contributed by atoms with E-state index in [0.717, 1.165) is 24.8 Å². The van der Waals surface area contributed by atoms with Crippen LogP contribution in [0, 0.1) is 5.92 Å². The van der Waals surface area contributed by atoms with Crippen molar-refractivity contribution in [3.05, 3.63) is 29.8 Å². The highest BCUT2D eigenvalue weighted by atomic mass is 16.3. The van der Waals surface area contributed by atoms with Crippen LogP contribution in [0.3, 0.4) is 0 Å². The molecule has 120 valence electrons. The molecule has 0 radical (unpaired) electrons. The summed E-state index contributed by atoms with van der Waals surface area (Å²) >= 11 is 0. The average molecular weight is 304 g/mol. The van der Waals surface area contributed by atoms with Gasteiger partial charge in [-0.25, -0.2) is 0 Å².